The number of esters is 1. The van der Waals surface area contributed by atoms with Gasteiger partial charge in [-0.05, 0) is 36.7 Å². The summed E-state index contributed by atoms with van der Waals surface area (Å²) in [5.41, 5.74) is 0.953. The van der Waals surface area contributed by atoms with Crippen molar-refractivity contribution in [3.05, 3.63) is 23.8 Å². The molecule has 29 heavy (non-hydrogen) atoms. The van der Waals surface area contributed by atoms with Crippen molar-refractivity contribution in [1.82, 2.24) is 0 Å². The van der Waals surface area contributed by atoms with E-state index < -0.39 is 30.4 Å². The molecule has 0 amide bonds. The van der Waals surface area contributed by atoms with Crippen LogP contribution in [0, 0.1) is 23.7 Å². The quantitative estimate of drug-likeness (QED) is 0.429. The van der Waals surface area contributed by atoms with Crippen molar-refractivity contribution >= 4 is 11.9 Å². The summed E-state index contributed by atoms with van der Waals surface area (Å²) in [5.74, 6) is -1.40. The van der Waals surface area contributed by atoms with Crippen LogP contribution in [0.1, 0.15) is 52.9 Å². The minimum Gasteiger partial charge on any atom is -0.481 e. The molecule has 0 aromatic rings. The second-order valence-corrected chi connectivity index (χ2v) is 8.73. The van der Waals surface area contributed by atoms with Gasteiger partial charge in [0.2, 0.25) is 0 Å². The van der Waals surface area contributed by atoms with E-state index >= 15 is 0 Å². The van der Waals surface area contributed by atoms with E-state index in [2.05, 4.69) is 13.0 Å². The highest BCUT2D eigenvalue weighted by Crippen LogP contribution is 2.44. The average molecular weight is 411 g/mol. The summed E-state index contributed by atoms with van der Waals surface area (Å²) < 4.78 is 5.74. The molecule has 0 aromatic carbocycles. The molecule has 7 heteroatoms. The van der Waals surface area contributed by atoms with Gasteiger partial charge in [-0.1, -0.05) is 39.0 Å². The van der Waals surface area contributed by atoms with Crippen LogP contribution in [0.5, 0.6) is 0 Å². The minimum absolute atomic E-state index is 0.0150. The number of aliphatic hydroxyl groups excluding tert-OH is 3. The van der Waals surface area contributed by atoms with Crippen LogP contribution in [-0.4, -0.2) is 56.8 Å². The molecule has 7 unspecified atom stereocenters. The molecule has 2 rings (SSSR count). The Morgan fingerprint density at radius 2 is 1.93 bits per heavy atom. The molecule has 0 fully saturated rings. The van der Waals surface area contributed by atoms with Crippen molar-refractivity contribution in [2.75, 3.05) is 0 Å². The maximum absolute atomic E-state index is 12.2. The van der Waals surface area contributed by atoms with E-state index in [0.717, 1.165) is 5.57 Å². The second kappa shape index (κ2) is 10.4. The number of allylic oxidation sites excluding steroid dienone is 2. The zero-order valence-electron chi connectivity index (χ0n) is 17.4. The fourth-order valence-corrected chi connectivity index (χ4v) is 4.37. The number of carboxylic acids is 1. The van der Waals surface area contributed by atoms with Crippen molar-refractivity contribution in [3.8, 4) is 0 Å². The molecule has 0 saturated carbocycles. The lowest BCUT2D eigenvalue weighted by atomic mass is 9.66. The van der Waals surface area contributed by atoms with Crippen LogP contribution in [0.2, 0.25) is 0 Å². The van der Waals surface area contributed by atoms with Crippen LogP contribution in [0.25, 0.3) is 0 Å². The van der Waals surface area contributed by atoms with Crippen LogP contribution in [0.15, 0.2) is 23.8 Å². The summed E-state index contributed by atoms with van der Waals surface area (Å²) in [7, 11) is 0. The van der Waals surface area contributed by atoms with Crippen LogP contribution in [0.3, 0.4) is 0 Å². The number of carbonyl (C=O) groups excluding carboxylic acids is 1. The Morgan fingerprint density at radius 1 is 1.24 bits per heavy atom. The van der Waals surface area contributed by atoms with Gasteiger partial charge >= 0.3 is 11.9 Å². The predicted molar refractivity (Wildman–Crippen MR) is 107 cm³/mol. The Morgan fingerprint density at radius 3 is 2.55 bits per heavy atom. The van der Waals surface area contributed by atoms with Gasteiger partial charge in [-0.15, -0.1) is 0 Å². The highest BCUT2D eigenvalue weighted by atomic mass is 16.5. The Balaban J connectivity index is 2.08. The number of hydrogen-bond donors (Lipinski definition) is 4. The zero-order chi connectivity index (χ0) is 21.7. The van der Waals surface area contributed by atoms with E-state index in [9.17, 15) is 24.9 Å². The van der Waals surface area contributed by atoms with Crippen LogP contribution >= 0.6 is 0 Å². The minimum atomic E-state index is -1.10. The number of hydrogen-bond acceptors (Lipinski definition) is 6. The standard InChI is InChI=1S/C22H34O7/c1-12(2)22(28)29-19-10-16(24)8-14-5-4-13(3)18(21(14)19)7-6-15(23)9-17(25)11-20(26)27/h4-5,8,12-13,15-19,21,23-25H,6-7,9-11H2,1-3H3,(H,26,27). The molecule has 4 N–H and O–H groups in total. The first-order chi connectivity index (χ1) is 13.6. The van der Waals surface area contributed by atoms with Crippen LogP contribution in [-0.2, 0) is 14.3 Å². The third kappa shape index (κ3) is 6.66. The molecule has 0 spiro atoms. The predicted octanol–water partition coefficient (Wildman–Crippen LogP) is 2.05. The van der Waals surface area contributed by atoms with Gasteiger partial charge in [0, 0.05) is 12.3 Å². The molecule has 2 aliphatic rings. The van der Waals surface area contributed by atoms with E-state index in [0.29, 0.717) is 19.3 Å². The van der Waals surface area contributed by atoms with Gasteiger partial charge in [0.05, 0.1) is 30.7 Å². The summed E-state index contributed by atoms with van der Waals surface area (Å²) in [5, 5.41) is 38.9. The molecule has 0 heterocycles. The summed E-state index contributed by atoms with van der Waals surface area (Å²) >= 11 is 0. The summed E-state index contributed by atoms with van der Waals surface area (Å²) in [6.07, 6.45) is 3.92. The maximum Gasteiger partial charge on any atom is 0.308 e. The maximum atomic E-state index is 12.2. The van der Waals surface area contributed by atoms with E-state index in [1.807, 2.05) is 12.2 Å². The van der Waals surface area contributed by atoms with E-state index in [1.54, 1.807) is 13.8 Å². The fourth-order valence-electron chi connectivity index (χ4n) is 4.37. The number of carboxylic acid groups (broad SMARTS) is 1. The first kappa shape index (κ1) is 23.6. The average Bonchev–Trinajstić information content (AvgIpc) is 2.60. The molecule has 0 aliphatic heterocycles. The van der Waals surface area contributed by atoms with Crippen molar-refractivity contribution in [2.24, 2.45) is 23.7 Å². The largest absolute Gasteiger partial charge is 0.481 e. The highest BCUT2D eigenvalue weighted by molar-refractivity contribution is 5.71. The topological polar surface area (TPSA) is 124 Å². The van der Waals surface area contributed by atoms with Gasteiger partial charge in [0.1, 0.15) is 6.10 Å². The molecule has 0 bridgehead atoms. The number of ether oxygens (including phenoxy) is 1. The van der Waals surface area contributed by atoms with Crippen LogP contribution in [0.4, 0.5) is 0 Å². The zero-order valence-corrected chi connectivity index (χ0v) is 17.4. The van der Waals surface area contributed by atoms with Crippen molar-refractivity contribution in [3.63, 3.8) is 0 Å². The molecule has 7 atom stereocenters. The Labute approximate surface area is 172 Å². The van der Waals surface area contributed by atoms with E-state index in [1.165, 1.54) is 0 Å². The van der Waals surface area contributed by atoms with Gasteiger partial charge in [-0.2, -0.15) is 0 Å². The van der Waals surface area contributed by atoms with Crippen molar-refractivity contribution < 1.29 is 34.8 Å². The monoisotopic (exact) mass is 410 g/mol. The van der Waals surface area contributed by atoms with E-state index in [-0.39, 0.29) is 42.5 Å². The fraction of sp³-hybridized carbons (Fsp3) is 0.727. The number of aliphatic hydroxyl groups is 3. The molecule has 0 saturated heterocycles. The normalized spacial score (nSPS) is 31.0. The molecular formula is C22H34O7. The molecule has 7 nitrogen and oxygen atoms in total. The molecular weight excluding hydrogens is 376 g/mol. The van der Waals surface area contributed by atoms with Gasteiger partial charge < -0.3 is 25.2 Å². The van der Waals surface area contributed by atoms with Crippen molar-refractivity contribution in [2.45, 2.75) is 77.3 Å². The number of carbonyl (C=O) groups is 2. The molecule has 0 radical (unpaired) electrons. The summed E-state index contributed by atoms with van der Waals surface area (Å²) in [6, 6.07) is 0. The lowest BCUT2D eigenvalue weighted by Crippen LogP contribution is -2.43. The Kier molecular flexibility index (Phi) is 8.43. The lowest BCUT2D eigenvalue weighted by molar-refractivity contribution is -0.158. The first-order valence-electron chi connectivity index (χ1n) is 10.4. The third-order valence-corrected chi connectivity index (χ3v) is 5.90. The number of fused-ring (bicyclic) bond motifs is 1. The van der Waals surface area contributed by atoms with Gasteiger partial charge in [-0.25, -0.2) is 0 Å². The number of rotatable bonds is 9. The van der Waals surface area contributed by atoms with Gasteiger partial charge in [0.25, 0.3) is 0 Å². The van der Waals surface area contributed by atoms with Crippen LogP contribution < -0.4 is 0 Å². The highest BCUT2D eigenvalue weighted by Gasteiger charge is 2.42. The smallest absolute Gasteiger partial charge is 0.308 e. The summed E-state index contributed by atoms with van der Waals surface area (Å²) in [6.45, 7) is 5.63. The van der Waals surface area contributed by atoms with Gasteiger partial charge in [0.15, 0.2) is 0 Å². The first-order valence-corrected chi connectivity index (χ1v) is 10.4. The van der Waals surface area contributed by atoms with Crippen molar-refractivity contribution in [1.29, 1.82) is 0 Å². The third-order valence-electron chi connectivity index (χ3n) is 5.90. The SMILES string of the molecule is CC(C)C(=O)OC1CC(O)C=C2C=CC(C)C(CCC(O)CC(O)CC(=O)O)C21. The summed E-state index contributed by atoms with van der Waals surface area (Å²) in [4.78, 5) is 22.9. The number of aliphatic carboxylic acids is 1. The lowest BCUT2D eigenvalue weighted by Gasteiger charge is -2.43. The van der Waals surface area contributed by atoms with E-state index in [4.69, 9.17) is 9.84 Å². The Hall–Kier alpha value is -1.70. The second-order valence-electron chi connectivity index (χ2n) is 8.73. The Bertz CT molecular complexity index is 639. The molecule has 2 aliphatic carbocycles. The molecule has 164 valence electrons. The van der Waals surface area contributed by atoms with Gasteiger partial charge in [-0.3, -0.25) is 9.59 Å². The molecule has 0 aromatic heterocycles.